The first kappa shape index (κ1) is 21.2. The summed E-state index contributed by atoms with van der Waals surface area (Å²) in [5.74, 6) is -0.344. The van der Waals surface area contributed by atoms with E-state index in [2.05, 4.69) is 15.4 Å². The molecule has 2 amide bonds. The Morgan fingerprint density at radius 2 is 2.18 bits per heavy atom. The first-order chi connectivity index (χ1) is 15.9. The Hall–Kier alpha value is -3.71. The molecule has 1 aromatic carbocycles. The molecule has 3 aromatic rings. The van der Waals surface area contributed by atoms with Gasteiger partial charge in [0.25, 0.3) is 11.8 Å². The minimum atomic E-state index is -0.241. The van der Waals surface area contributed by atoms with Crippen LogP contribution in [0.5, 0.6) is 0 Å². The van der Waals surface area contributed by atoms with Gasteiger partial charge in [-0.1, -0.05) is 11.6 Å². The average Bonchev–Trinajstić information content (AvgIpc) is 3.46. The van der Waals surface area contributed by atoms with Gasteiger partial charge in [0.05, 0.1) is 41.6 Å². The maximum Gasteiger partial charge on any atom is 0.273 e. The highest BCUT2D eigenvalue weighted by Crippen LogP contribution is 2.32. The molecule has 10 nitrogen and oxygen atoms in total. The molecule has 2 aromatic heterocycles. The molecule has 11 heteroatoms. The second kappa shape index (κ2) is 8.01. The molecule has 5 rings (SSSR count). The zero-order valence-electron chi connectivity index (χ0n) is 18.1. The van der Waals surface area contributed by atoms with Crippen LogP contribution < -0.4 is 0 Å². The van der Waals surface area contributed by atoms with Crippen LogP contribution in [0.3, 0.4) is 0 Å². The van der Waals surface area contributed by atoms with E-state index >= 15 is 0 Å². The van der Waals surface area contributed by atoms with E-state index in [0.29, 0.717) is 41.5 Å². The van der Waals surface area contributed by atoms with Crippen LogP contribution >= 0.6 is 11.6 Å². The minimum absolute atomic E-state index is 0.108. The van der Waals surface area contributed by atoms with E-state index in [1.807, 2.05) is 19.9 Å². The van der Waals surface area contributed by atoms with E-state index in [1.165, 1.54) is 6.07 Å². The lowest BCUT2D eigenvalue weighted by Crippen LogP contribution is -2.44. The number of nitriles is 1. The zero-order chi connectivity index (χ0) is 23.3. The van der Waals surface area contributed by atoms with Gasteiger partial charge in [0.15, 0.2) is 0 Å². The fourth-order valence-electron chi connectivity index (χ4n) is 4.56. The fourth-order valence-corrected chi connectivity index (χ4v) is 4.72. The third kappa shape index (κ3) is 3.45. The number of carbonyl (C=O) groups is 2. The number of nitrogens with zero attached hydrogens (tertiary/aromatic N) is 7. The summed E-state index contributed by atoms with van der Waals surface area (Å²) in [5, 5.41) is 24.8. The van der Waals surface area contributed by atoms with Crippen LogP contribution in [-0.2, 0) is 19.5 Å². The lowest BCUT2D eigenvalue weighted by atomic mass is 9.97. The third-order valence-electron chi connectivity index (χ3n) is 6.42. The highest BCUT2D eigenvalue weighted by Gasteiger charge is 2.38. The van der Waals surface area contributed by atoms with Gasteiger partial charge in [0, 0.05) is 30.1 Å². The Bertz CT molecular complexity index is 1290. The van der Waals surface area contributed by atoms with Crippen molar-refractivity contribution >= 4 is 23.4 Å². The molecule has 168 valence electrons. The van der Waals surface area contributed by atoms with Crippen LogP contribution in [0.2, 0.25) is 5.02 Å². The zero-order valence-corrected chi connectivity index (χ0v) is 18.9. The summed E-state index contributed by atoms with van der Waals surface area (Å²) in [7, 11) is 0. The quantitative estimate of drug-likeness (QED) is 0.634. The Morgan fingerprint density at radius 3 is 2.91 bits per heavy atom. The highest BCUT2D eigenvalue weighted by molar-refractivity contribution is 6.31. The van der Waals surface area contributed by atoms with Crippen LogP contribution in [0.4, 0.5) is 0 Å². The Balaban J connectivity index is 1.46. The van der Waals surface area contributed by atoms with Crippen molar-refractivity contribution in [1.29, 1.82) is 5.26 Å². The SMILES string of the molecule is CC(c1cn[nH]n1)N1CCn2nc3c(c2C1=O)CN(C(=O)c1ccc(Cl)c(C#N)c1)[C@H](C)C3. The van der Waals surface area contributed by atoms with Crippen LogP contribution in [0.15, 0.2) is 24.4 Å². The van der Waals surface area contributed by atoms with E-state index in [-0.39, 0.29) is 36.0 Å². The third-order valence-corrected chi connectivity index (χ3v) is 6.75. The Morgan fingerprint density at radius 1 is 1.36 bits per heavy atom. The molecule has 0 radical (unpaired) electrons. The number of carbonyl (C=O) groups excluding carboxylic acids is 2. The molecule has 0 fully saturated rings. The monoisotopic (exact) mass is 464 g/mol. The van der Waals surface area contributed by atoms with Crippen LogP contribution in [0.1, 0.15) is 63.3 Å². The predicted molar refractivity (Wildman–Crippen MR) is 117 cm³/mol. The molecule has 0 saturated carbocycles. The largest absolute Gasteiger partial charge is 0.331 e. The number of aromatic amines is 1. The van der Waals surface area contributed by atoms with Crippen molar-refractivity contribution in [3.05, 3.63) is 63.2 Å². The van der Waals surface area contributed by atoms with E-state index in [9.17, 15) is 14.9 Å². The lowest BCUT2D eigenvalue weighted by Gasteiger charge is -2.35. The van der Waals surface area contributed by atoms with Crippen molar-refractivity contribution in [1.82, 2.24) is 35.0 Å². The van der Waals surface area contributed by atoms with E-state index in [4.69, 9.17) is 16.7 Å². The van der Waals surface area contributed by atoms with Crippen LogP contribution in [0, 0.1) is 11.3 Å². The number of nitrogens with one attached hydrogen (secondary N) is 1. The summed E-state index contributed by atoms with van der Waals surface area (Å²) in [6, 6.07) is 6.35. The molecule has 1 unspecified atom stereocenters. The first-order valence-electron chi connectivity index (χ1n) is 10.6. The molecule has 0 bridgehead atoms. The topological polar surface area (TPSA) is 124 Å². The van der Waals surface area contributed by atoms with Gasteiger partial charge in [-0.05, 0) is 32.0 Å². The molecule has 0 aliphatic carbocycles. The maximum atomic E-state index is 13.5. The predicted octanol–water partition coefficient (Wildman–Crippen LogP) is 2.33. The number of hydrogen-bond donors (Lipinski definition) is 1. The van der Waals surface area contributed by atoms with Crippen molar-refractivity contribution in [3.8, 4) is 6.07 Å². The molecular formula is C22H21ClN8O2. The molecule has 1 N–H and O–H groups in total. The number of amides is 2. The number of benzene rings is 1. The Labute approximate surface area is 194 Å². The summed E-state index contributed by atoms with van der Waals surface area (Å²) in [4.78, 5) is 30.3. The van der Waals surface area contributed by atoms with Gasteiger partial charge in [-0.15, -0.1) is 0 Å². The van der Waals surface area contributed by atoms with Crippen molar-refractivity contribution in [2.45, 2.75) is 45.4 Å². The highest BCUT2D eigenvalue weighted by atomic mass is 35.5. The summed E-state index contributed by atoms with van der Waals surface area (Å²) in [6.45, 7) is 5.23. The first-order valence-corrected chi connectivity index (χ1v) is 11.0. The molecule has 2 atom stereocenters. The fraction of sp³-hybridized carbons (Fsp3) is 0.364. The minimum Gasteiger partial charge on any atom is -0.331 e. The van der Waals surface area contributed by atoms with Gasteiger partial charge in [0.2, 0.25) is 0 Å². The summed E-state index contributed by atoms with van der Waals surface area (Å²) in [5.41, 5.74) is 3.47. The maximum absolute atomic E-state index is 13.5. The van der Waals surface area contributed by atoms with Gasteiger partial charge in [-0.3, -0.25) is 14.3 Å². The molecule has 0 spiro atoms. The number of rotatable bonds is 3. The molecule has 2 aliphatic heterocycles. The normalized spacial score (nSPS) is 18.5. The van der Waals surface area contributed by atoms with Crippen molar-refractivity contribution in [3.63, 3.8) is 0 Å². The van der Waals surface area contributed by atoms with Crippen LogP contribution in [-0.4, -0.2) is 59.4 Å². The van der Waals surface area contributed by atoms with Gasteiger partial charge < -0.3 is 9.80 Å². The van der Waals surface area contributed by atoms with Crippen LogP contribution in [0.25, 0.3) is 0 Å². The smallest absolute Gasteiger partial charge is 0.273 e. The van der Waals surface area contributed by atoms with Crippen molar-refractivity contribution in [2.75, 3.05) is 6.54 Å². The molecule has 33 heavy (non-hydrogen) atoms. The second-order valence-corrected chi connectivity index (χ2v) is 8.77. The van der Waals surface area contributed by atoms with E-state index in [1.54, 1.807) is 32.8 Å². The van der Waals surface area contributed by atoms with Gasteiger partial charge in [-0.25, -0.2) is 0 Å². The number of H-pyrrole nitrogens is 1. The lowest BCUT2D eigenvalue weighted by molar-refractivity contribution is 0.0602. The standard InChI is InChI=1S/C22H21ClN8O2/c1-12-7-18-16(11-30(12)21(32)14-3-4-17(23)15(8-14)9-24)20-22(33)29(5-6-31(20)27-18)13(2)19-10-25-28-26-19/h3-4,8,10,12-13H,5-7,11H2,1-2H3,(H,25,26,28)/t12-,13?/m1/s1. The number of halogens is 1. The average molecular weight is 465 g/mol. The summed E-state index contributed by atoms with van der Waals surface area (Å²) >= 11 is 6.03. The summed E-state index contributed by atoms with van der Waals surface area (Å²) < 4.78 is 1.76. The van der Waals surface area contributed by atoms with Gasteiger partial charge >= 0.3 is 0 Å². The van der Waals surface area contributed by atoms with Crippen molar-refractivity contribution < 1.29 is 9.59 Å². The Kier molecular flexibility index (Phi) is 5.13. The van der Waals surface area contributed by atoms with E-state index < -0.39 is 0 Å². The summed E-state index contributed by atoms with van der Waals surface area (Å²) in [6.07, 6.45) is 2.16. The van der Waals surface area contributed by atoms with Gasteiger partial charge in [0.1, 0.15) is 17.5 Å². The van der Waals surface area contributed by atoms with E-state index in [0.717, 1.165) is 11.3 Å². The number of fused-ring (bicyclic) bond motifs is 3. The number of hydrogen-bond acceptors (Lipinski definition) is 6. The molecule has 0 saturated heterocycles. The molecule has 4 heterocycles. The molecular weight excluding hydrogens is 444 g/mol. The van der Waals surface area contributed by atoms with Crippen molar-refractivity contribution in [2.24, 2.45) is 0 Å². The molecule has 2 aliphatic rings. The van der Waals surface area contributed by atoms with Gasteiger partial charge in [-0.2, -0.15) is 25.8 Å². The second-order valence-electron chi connectivity index (χ2n) is 8.36. The number of aromatic nitrogens is 5.